The maximum absolute atomic E-state index is 12.0. The Morgan fingerprint density at radius 2 is 2.25 bits per heavy atom. The minimum Gasteiger partial charge on any atom is -0.350 e. The van der Waals surface area contributed by atoms with Crippen molar-refractivity contribution in [3.63, 3.8) is 0 Å². The van der Waals surface area contributed by atoms with Crippen molar-refractivity contribution in [2.45, 2.75) is 63.9 Å². The fourth-order valence-corrected chi connectivity index (χ4v) is 3.68. The molecule has 1 fully saturated rings. The van der Waals surface area contributed by atoms with E-state index >= 15 is 0 Å². The summed E-state index contributed by atoms with van der Waals surface area (Å²) in [6.07, 6.45) is 7.87. The summed E-state index contributed by atoms with van der Waals surface area (Å²) in [5, 5.41) is 8.47. The number of hydrogen-bond acceptors (Lipinski definition) is 4. The van der Waals surface area contributed by atoms with Crippen LogP contribution in [0.3, 0.4) is 0 Å². The summed E-state index contributed by atoms with van der Waals surface area (Å²) in [7, 11) is 0. The highest BCUT2D eigenvalue weighted by Crippen LogP contribution is 2.26. The van der Waals surface area contributed by atoms with E-state index in [1.165, 1.54) is 18.5 Å². The molecular formula is C18H30N4OS. The van der Waals surface area contributed by atoms with Crippen molar-refractivity contribution in [1.82, 2.24) is 20.0 Å². The number of nitrogens with one attached hydrogen (secondary N) is 1. The third kappa shape index (κ3) is 4.54. The molecule has 1 aliphatic carbocycles. The molecule has 1 amide bonds. The number of aromatic nitrogens is 2. The Morgan fingerprint density at radius 3 is 2.96 bits per heavy atom. The number of nitrogens with zero attached hydrogens (tertiary/aromatic N) is 3. The van der Waals surface area contributed by atoms with Gasteiger partial charge in [0.05, 0.1) is 17.9 Å². The van der Waals surface area contributed by atoms with E-state index < -0.39 is 0 Å². The quantitative estimate of drug-likeness (QED) is 0.821. The SMILES string of the molecule is CSC(C)CCN1CCCn2nc(CNC(=O)C3CCC3)cc2C1. The smallest absolute Gasteiger partial charge is 0.223 e. The molecular weight excluding hydrogens is 320 g/mol. The molecule has 2 aliphatic rings. The van der Waals surface area contributed by atoms with Gasteiger partial charge in [0.25, 0.3) is 0 Å². The minimum atomic E-state index is 0.206. The number of aryl methyl sites for hydroxylation is 1. The first kappa shape index (κ1) is 17.8. The fraction of sp³-hybridized carbons (Fsp3) is 0.778. The normalized spacial score (nSPS) is 20.1. The number of carbonyl (C=O) groups excluding carboxylic acids is 1. The van der Waals surface area contributed by atoms with Gasteiger partial charge < -0.3 is 5.32 Å². The van der Waals surface area contributed by atoms with Crippen LogP contribution in [0.15, 0.2) is 6.07 Å². The fourth-order valence-electron chi connectivity index (χ4n) is 3.34. The van der Waals surface area contributed by atoms with Crippen LogP contribution in [0.25, 0.3) is 0 Å². The van der Waals surface area contributed by atoms with Crippen LogP contribution in [0.1, 0.15) is 50.4 Å². The molecule has 24 heavy (non-hydrogen) atoms. The Kier molecular flexibility index (Phi) is 6.22. The van der Waals surface area contributed by atoms with Crippen molar-refractivity contribution < 1.29 is 4.79 Å². The predicted octanol–water partition coefficient (Wildman–Crippen LogP) is 2.65. The van der Waals surface area contributed by atoms with Crippen molar-refractivity contribution in [2.75, 3.05) is 19.3 Å². The second kappa shape index (κ2) is 8.39. The van der Waals surface area contributed by atoms with Crippen LogP contribution >= 0.6 is 11.8 Å². The molecule has 1 saturated carbocycles. The molecule has 3 rings (SSSR count). The van der Waals surface area contributed by atoms with Crippen LogP contribution in [0.2, 0.25) is 0 Å². The van der Waals surface area contributed by atoms with Crippen LogP contribution in [-0.4, -0.2) is 45.2 Å². The van der Waals surface area contributed by atoms with Gasteiger partial charge in [0.15, 0.2) is 0 Å². The number of carbonyl (C=O) groups is 1. The van der Waals surface area contributed by atoms with Gasteiger partial charge in [0.2, 0.25) is 5.91 Å². The number of fused-ring (bicyclic) bond motifs is 1. The zero-order valence-electron chi connectivity index (χ0n) is 15.0. The van der Waals surface area contributed by atoms with Crippen molar-refractivity contribution in [2.24, 2.45) is 5.92 Å². The van der Waals surface area contributed by atoms with Crippen LogP contribution in [0.4, 0.5) is 0 Å². The highest BCUT2D eigenvalue weighted by atomic mass is 32.2. The molecule has 0 spiro atoms. The van der Waals surface area contributed by atoms with Crippen LogP contribution in [-0.2, 0) is 24.4 Å². The molecule has 1 N–H and O–H groups in total. The first-order chi connectivity index (χ1) is 11.7. The van der Waals surface area contributed by atoms with Crippen molar-refractivity contribution in [3.8, 4) is 0 Å². The molecule has 1 aromatic rings. The van der Waals surface area contributed by atoms with Crippen molar-refractivity contribution >= 4 is 17.7 Å². The zero-order chi connectivity index (χ0) is 16.9. The molecule has 1 aliphatic heterocycles. The molecule has 1 unspecified atom stereocenters. The average Bonchev–Trinajstić information content (AvgIpc) is 2.80. The first-order valence-corrected chi connectivity index (χ1v) is 10.5. The second-order valence-electron chi connectivity index (χ2n) is 7.16. The zero-order valence-corrected chi connectivity index (χ0v) is 15.8. The van der Waals surface area contributed by atoms with Crippen LogP contribution in [0, 0.1) is 5.92 Å². The van der Waals surface area contributed by atoms with E-state index in [0.29, 0.717) is 6.54 Å². The largest absolute Gasteiger partial charge is 0.350 e. The van der Waals surface area contributed by atoms with E-state index in [1.807, 2.05) is 11.8 Å². The Labute approximate surface area is 149 Å². The molecule has 0 saturated heterocycles. The van der Waals surface area contributed by atoms with Crippen LogP contribution in [0.5, 0.6) is 0 Å². The lowest BCUT2D eigenvalue weighted by Gasteiger charge is -2.23. The molecule has 1 atom stereocenters. The Bertz CT molecular complexity index is 555. The summed E-state index contributed by atoms with van der Waals surface area (Å²) >= 11 is 1.94. The maximum Gasteiger partial charge on any atom is 0.223 e. The molecule has 0 bridgehead atoms. The number of hydrogen-bond donors (Lipinski definition) is 1. The number of rotatable bonds is 7. The minimum absolute atomic E-state index is 0.206. The van der Waals surface area contributed by atoms with Gasteiger partial charge in [0, 0.05) is 30.8 Å². The third-order valence-electron chi connectivity index (χ3n) is 5.32. The third-order valence-corrected chi connectivity index (χ3v) is 6.36. The summed E-state index contributed by atoms with van der Waals surface area (Å²) < 4.78 is 2.14. The van der Waals surface area contributed by atoms with Gasteiger partial charge in [-0.2, -0.15) is 16.9 Å². The Morgan fingerprint density at radius 1 is 1.42 bits per heavy atom. The van der Waals surface area contributed by atoms with Crippen molar-refractivity contribution in [1.29, 1.82) is 0 Å². The Balaban J connectivity index is 1.52. The summed E-state index contributed by atoms with van der Waals surface area (Å²) in [4.78, 5) is 14.5. The topological polar surface area (TPSA) is 50.2 Å². The van der Waals surface area contributed by atoms with E-state index in [-0.39, 0.29) is 11.8 Å². The predicted molar refractivity (Wildman–Crippen MR) is 98.9 cm³/mol. The van der Waals surface area contributed by atoms with E-state index in [1.54, 1.807) is 0 Å². The molecule has 2 heterocycles. The van der Waals surface area contributed by atoms with Gasteiger partial charge in [-0.25, -0.2) is 0 Å². The van der Waals surface area contributed by atoms with E-state index in [9.17, 15) is 4.79 Å². The standard InChI is InChI=1S/C18H30N4OS/c1-14(24-2)7-10-21-8-4-9-22-17(13-21)11-16(20-22)12-19-18(23)15-5-3-6-15/h11,14-15H,3-10,12-13H2,1-2H3,(H,19,23). The van der Waals surface area contributed by atoms with Gasteiger partial charge in [-0.1, -0.05) is 13.3 Å². The second-order valence-corrected chi connectivity index (χ2v) is 8.44. The first-order valence-electron chi connectivity index (χ1n) is 9.24. The summed E-state index contributed by atoms with van der Waals surface area (Å²) in [5.74, 6) is 0.455. The highest BCUT2D eigenvalue weighted by Gasteiger charge is 2.25. The monoisotopic (exact) mass is 350 g/mol. The molecule has 134 valence electrons. The van der Waals surface area contributed by atoms with Gasteiger partial charge in [-0.15, -0.1) is 0 Å². The molecule has 0 aromatic carbocycles. The van der Waals surface area contributed by atoms with Gasteiger partial charge in [-0.3, -0.25) is 14.4 Å². The summed E-state index contributed by atoms with van der Waals surface area (Å²) in [6, 6.07) is 2.18. The number of thioether (sulfide) groups is 1. The summed E-state index contributed by atoms with van der Waals surface area (Å²) in [5.41, 5.74) is 2.29. The van der Waals surface area contributed by atoms with Gasteiger partial charge in [0.1, 0.15) is 0 Å². The number of amides is 1. The maximum atomic E-state index is 12.0. The molecule has 1 aromatic heterocycles. The van der Waals surface area contributed by atoms with E-state index in [2.05, 4.69) is 34.1 Å². The Hall–Kier alpha value is -1.01. The highest BCUT2D eigenvalue weighted by molar-refractivity contribution is 7.99. The lowest BCUT2D eigenvalue weighted by atomic mass is 9.85. The van der Waals surface area contributed by atoms with Gasteiger partial charge in [-0.05, 0) is 44.6 Å². The average molecular weight is 351 g/mol. The molecule has 6 heteroatoms. The van der Waals surface area contributed by atoms with Gasteiger partial charge >= 0.3 is 0 Å². The molecule has 5 nitrogen and oxygen atoms in total. The van der Waals surface area contributed by atoms with E-state index in [0.717, 1.165) is 56.4 Å². The van der Waals surface area contributed by atoms with Crippen molar-refractivity contribution in [3.05, 3.63) is 17.5 Å². The van der Waals surface area contributed by atoms with E-state index in [4.69, 9.17) is 5.10 Å². The van der Waals surface area contributed by atoms with Crippen LogP contribution < -0.4 is 5.32 Å². The lowest BCUT2D eigenvalue weighted by molar-refractivity contribution is -0.127. The summed E-state index contributed by atoms with van der Waals surface area (Å²) in [6.45, 7) is 7.14. The lowest BCUT2D eigenvalue weighted by Crippen LogP contribution is -2.34. The molecule has 0 radical (unpaired) electrons.